The van der Waals surface area contributed by atoms with Gasteiger partial charge in [-0.1, -0.05) is 86.7 Å². The maximum atomic E-state index is 13.8. The van der Waals surface area contributed by atoms with E-state index in [1.165, 1.54) is 4.31 Å². The Kier molecular flexibility index (Phi) is 5.93. The van der Waals surface area contributed by atoms with Crippen LogP contribution in [0.4, 0.5) is 0 Å². The fourth-order valence-corrected chi connectivity index (χ4v) is 9.76. The van der Waals surface area contributed by atoms with Crippen LogP contribution in [0.25, 0.3) is 6.08 Å². The van der Waals surface area contributed by atoms with Crippen LogP contribution in [-0.4, -0.2) is 36.0 Å². The van der Waals surface area contributed by atoms with Crippen LogP contribution in [0, 0.1) is 17.3 Å². The molecule has 2 aliphatic carbocycles. The first-order valence-corrected chi connectivity index (χ1v) is 13.8. The minimum atomic E-state index is -3.69. The maximum Gasteiger partial charge on any atom is 0.243 e. The molecule has 6 heteroatoms. The lowest BCUT2D eigenvalue weighted by atomic mass is 9.79. The number of rotatable bonds is 7. The summed E-state index contributed by atoms with van der Waals surface area (Å²) in [5.74, 6) is 0.204. The summed E-state index contributed by atoms with van der Waals surface area (Å²) >= 11 is 0. The molecular weight excluding hydrogens is 444 g/mol. The van der Waals surface area contributed by atoms with Crippen LogP contribution in [-0.2, 0) is 21.4 Å². The molecule has 0 radical (unpaired) electrons. The second kappa shape index (κ2) is 8.65. The number of carbonyl (C=O) groups is 1. The highest BCUT2D eigenvalue weighted by Gasteiger charge is 2.75. The Labute approximate surface area is 203 Å². The van der Waals surface area contributed by atoms with Gasteiger partial charge in [0.25, 0.3) is 0 Å². The van der Waals surface area contributed by atoms with E-state index >= 15 is 0 Å². The normalized spacial score (nSPS) is 29.4. The molecule has 4 atom stereocenters. The summed E-state index contributed by atoms with van der Waals surface area (Å²) < 4.78 is 28.1. The molecule has 2 bridgehead atoms. The minimum Gasteiger partial charge on any atom is -0.306 e. The largest absolute Gasteiger partial charge is 0.306 e. The van der Waals surface area contributed by atoms with Gasteiger partial charge in [-0.25, -0.2) is 12.7 Å². The van der Waals surface area contributed by atoms with E-state index in [4.69, 9.17) is 0 Å². The molecule has 5 rings (SSSR count). The molecule has 34 heavy (non-hydrogen) atoms. The van der Waals surface area contributed by atoms with Crippen LogP contribution >= 0.6 is 0 Å². The Morgan fingerprint density at radius 2 is 1.76 bits per heavy atom. The van der Waals surface area contributed by atoms with Crippen molar-refractivity contribution >= 4 is 22.0 Å². The predicted octanol–water partition coefficient (Wildman–Crippen LogP) is 4.62. The molecule has 1 heterocycles. The highest BCUT2D eigenvalue weighted by molar-refractivity contribution is 7.91. The SMILES string of the molecule is CC1(C)[C@H]2CC[C@]13[C@@H](C2)CN(C(=O)C[C@@H](/C=C/c1ccccc1)NCc1ccccc1)S3(=O)=O. The third-order valence-corrected chi connectivity index (χ3v) is 11.7. The highest BCUT2D eigenvalue weighted by atomic mass is 32.2. The molecule has 180 valence electrons. The van der Waals surface area contributed by atoms with Gasteiger partial charge in [0.1, 0.15) is 4.75 Å². The number of benzene rings is 2. The third-order valence-electron chi connectivity index (χ3n) is 8.75. The highest BCUT2D eigenvalue weighted by Crippen LogP contribution is 2.69. The number of fused-ring (bicyclic) bond motifs is 1. The molecule has 2 aromatic carbocycles. The Morgan fingerprint density at radius 1 is 1.09 bits per heavy atom. The number of hydrogen-bond acceptors (Lipinski definition) is 4. The van der Waals surface area contributed by atoms with Crippen molar-refractivity contribution in [3.63, 3.8) is 0 Å². The first-order chi connectivity index (χ1) is 16.3. The van der Waals surface area contributed by atoms with E-state index in [1.807, 2.05) is 72.8 Å². The fourth-order valence-electron chi connectivity index (χ4n) is 6.85. The fraction of sp³-hybridized carbons (Fsp3) is 0.464. The molecule has 1 aliphatic heterocycles. The summed E-state index contributed by atoms with van der Waals surface area (Å²) in [6.45, 7) is 5.15. The molecule has 5 nitrogen and oxygen atoms in total. The van der Waals surface area contributed by atoms with Crippen LogP contribution in [0.3, 0.4) is 0 Å². The van der Waals surface area contributed by atoms with Crippen molar-refractivity contribution in [3.8, 4) is 0 Å². The summed E-state index contributed by atoms with van der Waals surface area (Å²) in [4.78, 5) is 13.5. The van der Waals surface area contributed by atoms with Crippen molar-refractivity contribution in [2.24, 2.45) is 17.3 Å². The van der Waals surface area contributed by atoms with Crippen molar-refractivity contribution in [2.75, 3.05) is 6.54 Å². The van der Waals surface area contributed by atoms with Gasteiger partial charge in [-0.05, 0) is 47.6 Å². The number of sulfonamides is 1. The van der Waals surface area contributed by atoms with E-state index in [-0.39, 0.29) is 29.7 Å². The molecule has 1 saturated heterocycles. The van der Waals surface area contributed by atoms with E-state index in [2.05, 4.69) is 19.2 Å². The van der Waals surface area contributed by atoms with Crippen molar-refractivity contribution < 1.29 is 13.2 Å². The molecule has 0 aromatic heterocycles. The number of nitrogens with zero attached hydrogens (tertiary/aromatic N) is 1. The van der Waals surface area contributed by atoms with Gasteiger partial charge in [0, 0.05) is 25.6 Å². The number of hydrogen-bond donors (Lipinski definition) is 1. The molecule has 1 N–H and O–H groups in total. The molecule has 2 saturated carbocycles. The van der Waals surface area contributed by atoms with Gasteiger partial charge >= 0.3 is 0 Å². The summed E-state index contributed by atoms with van der Waals surface area (Å²) in [6.07, 6.45) is 6.64. The molecule has 1 amide bonds. The predicted molar refractivity (Wildman–Crippen MR) is 135 cm³/mol. The van der Waals surface area contributed by atoms with E-state index in [0.717, 1.165) is 24.0 Å². The zero-order valence-electron chi connectivity index (χ0n) is 20.0. The Hall–Kier alpha value is -2.44. The second-order valence-corrected chi connectivity index (χ2v) is 12.8. The zero-order valence-corrected chi connectivity index (χ0v) is 20.8. The molecule has 1 spiro atoms. The quantitative estimate of drug-likeness (QED) is 0.631. The number of carbonyl (C=O) groups excluding carboxylic acids is 1. The van der Waals surface area contributed by atoms with Crippen LogP contribution in [0.5, 0.6) is 0 Å². The van der Waals surface area contributed by atoms with E-state index in [1.54, 1.807) is 0 Å². The van der Waals surface area contributed by atoms with Gasteiger partial charge in [0.15, 0.2) is 0 Å². The van der Waals surface area contributed by atoms with Crippen LogP contribution < -0.4 is 5.32 Å². The Morgan fingerprint density at radius 3 is 2.41 bits per heavy atom. The van der Waals surface area contributed by atoms with Crippen molar-refractivity contribution in [3.05, 3.63) is 77.9 Å². The molecule has 2 aromatic rings. The smallest absolute Gasteiger partial charge is 0.243 e. The summed E-state index contributed by atoms with van der Waals surface area (Å²) in [6, 6.07) is 19.7. The zero-order chi connectivity index (χ0) is 24.0. The van der Waals surface area contributed by atoms with Crippen molar-refractivity contribution in [1.29, 1.82) is 0 Å². The monoisotopic (exact) mass is 478 g/mol. The van der Waals surface area contributed by atoms with Gasteiger partial charge in [0.2, 0.25) is 15.9 Å². The lowest BCUT2D eigenvalue weighted by Crippen LogP contribution is -2.49. The van der Waals surface area contributed by atoms with Gasteiger partial charge in [0.05, 0.1) is 0 Å². The van der Waals surface area contributed by atoms with E-state index in [9.17, 15) is 13.2 Å². The summed E-state index contributed by atoms with van der Waals surface area (Å²) in [5.41, 5.74) is 1.89. The van der Waals surface area contributed by atoms with Crippen molar-refractivity contribution in [2.45, 2.75) is 56.9 Å². The molecule has 3 fully saturated rings. The standard InChI is InChI=1S/C28H34N2O3S/c1-27(2)23-15-16-28(27)24(17-23)20-30(34(28,32)33)26(31)18-25(14-13-21-9-5-3-6-10-21)29-19-22-11-7-4-8-12-22/h3-14,23-25,29H,15-20H2,1-2H3/b14-13+/t23-,24-,25+,28-/m0/s1. The van der Waals surface area contributed by atoms with E-state index in [0.29, 0.717) is 25.4 Å². The van der Waals surface area contributed by atoms with Gasteiger partial charge < -0.3 is 5.32 Å². The first kappa shape index (κ1) is 23.3. The third kappa shape index (κ3) is 3.62. The van der Waals surface area contributed by atoms with E-state index < -0.39 is 14.8 Å². The second-order valence-electron chi connectivity index (χ2n) is 10.7. The van der Waals surface area contributed by atoms with Gasteiger partial charge in [-0.2, -0.15) is 0 Å². The average molecular weight is 479 g/mol. The topological polar surface area (TPSA) is 66.5 Å². The average Bonchev–Trinajstić information content (AvgIpc) is 3.34. The number of amides is 1. The van der Waals surface area contributed by atoms with Crippen LogP contribution in [0.1, 0.15) is 50.7 Å². The van der Waals surface area contributed by atoms with Gasteiger partial charge in [-0.3, -0.25) is 4.79 Å². The van der Waals surface area contributed by atoms with Crippen molar-refractivity contribution in [1.82, 2.24) is 9.62 Å². The van der Waals surface area contributed by atoms with Crippen LogP contribution in [0.15, 0.2) is 66.7 Å². The molecular formula is C28H34N2O3S. The Bertz CT molecular complexity index is 1180. The first-order valence-electron chi connectivity index (χ1n) is 12.3. The molecule has 3 aliphatic rings. The lowest BCUT2D eigenvalue weighted by molar-refractivity contribution is -0.126. The van der Waals surface area contributed by atoms with Crippen LogP contribution in [0.2, 0.25) is 0 Å². The molecule has 0 unspecified atom stereocenters. The number of nitrogens with one attached hydrogen (secondary N) is 1. The summed E-state index contributed by atoms with van der Waals surface area (Å²) in [5, 5.41) is 3.46. The lowest BCUT2D eigenvalue weighted by Gasteiger charge is -2.36. The summed E-state index contributed by atoms with van der Waals surface area (Å²) in [7, 11) is -3.69. The maximum absolute atomic E-state index is 13.8. The van der Waals surface area contributed by atoms with Gasteiger partial charge in [-0.15, -0.1) is 0 Å². The minimum absolute atomic E-state index is 0.0609. The Balaban J connectivity index is 1.35.